The van der Waals surface area contributed by atoms with Gasteiger partial charge in [-0.05, 0) is 48.6 Å². The van der Waals surface area contributed by atoms with E-state index in [9.17, 15) is 9.00 Å². The van der Waals surface area contributed by atoms with Crippen LogP contribution in [0.1, 0.15) is 18.4 Å². The van der Waals surface area contributed by atoms with Gasteiger partial charge in [0.15, 0.2) is 0 Å². The Labute approximate surface area is 130 Å². The highest BCUT2D eigenvalue weighted by atomic mass is 32.2. The maximum atomic E-state index is 11.9. The molecule has 0 aliphatic carbocycles. The Morgan fingerprint density at radius 2 is 2.19 bits per heavy atom. The van der Waals surface area contributed by atoms with Gasteiger partial charge in [-0.2, -0.15) is 0 Å². The highest BCUT2D eigenvalue weighted by Gasteiger charge is 2.08. The second kappa shape index (κ2) is 7.38. The number of nitrogen functional groups attached to an aromatic ring is 1. The molecule has 1 amide bonds. The van der Waals surface area contributed by atoms with Crippen LogP contribution in [-0.4, -0.2) is 15.9 Å². The third-order valence-corrected chi connectivity index (χ3v) is 5.73. The van der Waals surface area contributed by atoms with Crippen molar-refractivity contribution < 1.29 is 9.00 Å². The van der Waals surface area contributed by atoms with Gasteiger partial charge in [0.25, 0.3) is 0 Å². The lowest BCUT2D eigenvalue weighted by Gasteiger charge is -2.08. The fraction of sp³-hybridized carbons (Fsp3) is 0.267. The summed E-state index contributed by atoms with van der Waals surface area (Å²) in [5.41, 5.74) is 8.06. The lowest BCUT2D eigenvalue weighted by Crippen LogP contribution is -2.13. The molecule has 0 bridgehead atoms. The Bertz CT molecular complexity index is 639. The quantitative estimate of drug-likeness (QED) is 0.802. The predicted molar refractivity (Wildman–Crippen MR) is 89.0 cm³/mol. The number of rotatable bonds is 6. The van der Waals surface area contributed by atoms with Gasteiger partial charge in [0.05, 0.1) is 15.0 Å². The van der Waals surface area contributed by atoms with Crippen molar-refractivity contribution in [1.29, 1.82) is 0 Å². The van der Waals surface area contributed by atoms with E-state index < -0.39 is 10.8 Å². The molecular formula is C15H18N2O2S2. The fourth-order valence-corrected chi connectivity index (χ4v) is 4.03. The number of anilines is 2. The highest BCUT2D eigenvalue weighted by molar-refractivity contribution is 7.87. The molecule has 3 N–H and O–H groups in total. The van der Waals surface area contributed by atoms with E-state index in [0.717, 1.165) is 15.5 Å². The molecule has 2 aromatic rings. The zero-order valence-corrected chi connectivity index (χ0v) is 13.4. The van der Waals surface area contributed by atoms with Gasteiger partial charge in [-0.3, -0.25) is 9.00 Å². The summed E-state index contributed by atoms with van der Waals surface area (Å²) >= 11 is 1.48. The average molecular weight is 322 g/mol. The molecule has 0 radical (unpaired) electrons. The lowest BCUT2D eigenvalue weighted by atomic mass is 10.1. The number of hydrogen-bond acceptors (Lipinski definition) is 4. The number of carbonyl (C=O) groups is 1. The molecule has 1 atom stereocenters. The van der Waals surface area contributed by atoms with E-state index in [1.807, 2.05) is 30.5 Å². The van der Waals surface area contributed by atoms with Crippen molar-refractivity contribution in [3.63, 3.8) is 0 Å². The van der Waals surface area contributed by atoms with Crippen molar-refractivity contribution in [3.05, 3.63) is 41.3 Å². The lowest BCUT2D eigenvalue weighted by molar-refractivity contribution is -0.116. The number of nitrogens with two attached hydrogens (primary N) is 1. The Morgan fingerprint density at radius 3 is 2.86 bits per heavy atom. The first-order chi connectivity index (χ1) is 10.1. The topological polar surface area (TPSA) is 72.2 Å². The molecule has 1 unspecified atom stereocenters. The first-order valence-electron chi connectivity index (χ1n) is 6.64. The maximum absolute atomic E-state index is 11.9. The van der Waals surface area contributed by atoms with Crippen LogP contribution in [-0.2, 0) is 15.6 Å². The number of nitrogens with one attached hydrogen (secondary N) is 1. The van der Waals surface area contributed by atoms with Gasteiger partial charge >= 0.3 is 0 Å². The van der Waals surface area contributed by atoms with Gasteiger partial charge < -0.3 is 11.1 Å². The standard InChI is InChI=1S/C15H18N2O2S2/c1-11-10-12(16)6-7-13(11)17-14(18)4-3-9-21(19)15-5-2-8-20-15/h2,5-8,10H,3-4,9,16H2,1H3,(H,17,18). The molecule has 0 aliphatic rings. The van der Waals surface area contributed by atoms with Crippen molar-refractivity contribution in [1.82, 2.24) is 0 Å². The van der Waals surface area contributed by atoms with Gasteiger partial charge in [0.1, 0.15) is 0 Å². The summed E-state index contributed by atoms with van der Waals surface area (Å²) in [6, 6.07) is 9.12. The van der Waals surface area contributed by atoms with E-state index in [4.69, 9.17) is 5.73 Å². The van der Waals surface area contributed by atoms with Crippen molar-refractivity contribution >= 4 is 39.4 Å². The smallest absolute Gasteiger partial charge is 0.224 e. The van der Waals surface area contributed by atoms with Crippen LogP contribution >= 0.6 is 11.3 Å². The minimum Gasteiger partial charge on any atom is -0.399 e. The summed E-state index contributed by atoms with van der Waals surface area (Å²) in [6.07, 6.45) is 0.964. The zero-order chi connectivity index (χ0) is 15.2. The first-order valence-corrected chi connectivity index (χ1v) is 8.84. The molecule has 0 aliphatic heterocycles. The molecule has 6 heteroatoms. The van der Waals surface area contributed by atoms with Gasteiger partial charge in [-0.15, -0.1) is 11.3 Å². The van der Waals surface area contributed by atoms with Crippen LogP contribution in [0.2, 0.25) is 0 Å². The molecule has 4 nitrogen and oxygen atoms in total. The van der Waals surface area contributed by atoms with E-state index in [1.54, 1.807) is 12.1 Å². The summed E-state index contributed by atoms with van der Waals surface area (Å²) in [7, 11) is -1.00. The Morgan fingerprint density at radius 1 is 1.38 bits per heavy atom. The van der Waals surface area contributed by atoms with Crippen LogP contribution in [0.3, 0.4) is 0 Å². The van der Waals surface area contributed by atoms with Gasteiger partial charge in [-0.25, -0.2) is 0 Å². The number of amides is 1. The maximum Gasteiger partial charge on any atom is 0.224 e. The van der Waals surface area contributed by atoms with Crippen molar-refractivity contribution in [2.75, 3.05) is 16.8 Å². The van der Waals surface area contributed by atoms with E-state index in [-0.39, 0.29) is 5.91 Å². The normalized spacial score (nSPS) is 12.0. The van der Waals surface area contributed by atoms with Crippen molar-refractivity contribution in [2.24, 2.45) is 0 Å². The van der Waals surface area contributed by atoms with Crippen LogP contribution in [0.4, 0.5) is 11.4 Å². The monoisotopic (exact) mass is 322 g/mol. The molecule has 1 aromatic heterocycles. The number of hydrogen-bond donors (Lipinski definition) is 2. The van der Waals surface area contributed by atoms with Gasteiger partial charge in [0.2, 0.25) is 5.91 Å². The Kier molecular flexibility index (Phi) is 5.52. The van der Waals surface area contributed by atoms with E-state index in [0.29, 0.717) is 24.3 Å². The van der Waals surface area contributed by atoms with E-state index >= 15 is 0 Å². The van der Waals surface area contributed by atoms with Crippen LogP contribution in [0.5, 0.6) is 0 Å². The zero-order valence-electron chi connectivity index (χ0n) is 11.8. The van der Waals surface area contributed by atoms with E-state index in [2.05, 4.69) is 5.32 Å². The molecular weight excluding hydrogens is 304 g/mol. The summed E-state index contributed by atoms with van der Waals surface area (Å²) in [5.74, 6) is 0.445. The molecule has 0 fully saturated rings. The molecule has 0 spiro atoms. The van der Waals surface area contributed by atoms with Crippen LogP contribution in [0, 0.1) is 6.92 Å². The van der Waals surface area contributed by atoms with Crippen LogP contribution in [0.25, 0.3) is 0 Å². The molecule has 0 saturated heterocycles. The third-order valence-electron chi connectivity index (χ3n) is 2.98. The summed E-state index contributed by atoms with van der Waals surface area (Å²) in [4.78, 5) is 11.9. The predicted octanol–water partition coefficient (Wildman–Crippen LogP) is 3.17. The summed E-state index contributed by atoms with van der Waals surface area (Å²) in [5, 5.41) is 4.76. The fourth-order valence-electron chi connectivity index (χ4n) is 1.90. The van der Waals surface area contributed by atoms with E-state index in [1.165, 1.54) is 11.3 Å². The molecule has 112 valence electrons. The molecule has 1 heterocycles. The second-order valence-corrected chi connectivity index (χ2v) is 7.45. The van der Waals surface area contributed by atoms with Gasteiger partial charge in [-0.1, -0.05) is 6.07 Å². The molecule has 1 aromatic carbocycles. The minimum atomic E-state index is -1.00. The number of carbonyl (C=O) groups excluding carboxylic acids is 1. The average Bonchev–Trinajstić information content (AvgIpc) is 2.96. The van der Waals surface area contributed by atoms with Crippen LogP contribution < -0.4 is 11.1 Å². The Balaban J connectivity index is 1.78. The molecule has 2 rings (SSSR count). The molecule has 0 saturated carbocycles. The highest BCUT2D eigenvalue weighted by Crippen LogP contribution is 2.18. The van der Waals surface area contributed by atoms with Crippen molar-refractivity contribution in [2.45, 2.75) is 24.0 Å². The second-order valence-electron chi connectivity index (χ2n) is 4.71. The van der Waals surface area contributed by atoms with Crippen molar-refractivity contribution in [3.8, 4) is 0 Å². The van der Waals surface area contributed by atoms with Crippen LogP contribution in [0.15, 0.2) is 39.9 Å². The minimum absolute atomic E-state index is 0.0638. The molecule has 21 heavy (non-hydrogen) atoms. The third kappa shape index (κ3) is 4.68. The number of aryl methyl sites for hydroxylation is 1. The first kappa shape index (κ1) is 15.7. The largest absolute Gasteiger partial charge is 0.399 e. The SMILES string of the molecule is Cc1cc(N)ccc1NC(=O)CCCS(=O)c1cccs1. The summed E-state index contributed by atoms with van der Waals surface area (Å²) < 4.78 is 12.8. The van der Waals surface area contributed by atoms with Gasteiger partial charge in [0, 0.05) is 23.5 Å². The summed E-state index contributed by atoms with van der Waals surface area (Å²) in [6.45, 7) is 1.90. The Hall–Kier alpha value is -1.66. The number of benzene rings is 1. The number of thiophene rings is 1.